The molecule has 1 unspecified atom stereocenters. The first kappa shape index (κ1) is 16.9. The van der Waals surface area contributed by atoms with Crippen LogP contribution in [0.25, 0.3) is 0 Å². The molecule has 1 fully saturated rings. The van der Waals surface area contributed by atoms with Crippen LogP contribution in [0.5, 0.6) is 0 Å². The topological polar surface area (TPSA) is 49.4 Å². The van der Waals surface area contributed by atoms with Crippen LogP contribution in [0.4, 0.5) is 0 Å². The van der Waals surface area contributed by atoms with Crippen molar-refractivity contribution < 1.29 is 8.42 Å². The Morgan fingerprint density at radius 1 is 1.32 bits per heavy atom. The van der Waals surface area contributed by atoms with Gasteiger partial charge in [-0.2, -0.15) is 0 Å². The Labute approximate surface area is 118 Å². The van der Waals surface area contributed by atoms with Crippen molar-refractivity contribution in [3.63, 3.8) is 0 Å². The molecule has 1 N–H and O–H groups in total. The van der Waals surface area contributed by atoms with Crippen molar-refractivity contribution in [3.05, 3.63) is 0 Å². The second kappa shape index (κ2) is 5.70. The summed E-state index contributed by atoms with van der Waals surface area (Å²) in [5.41, 5.74) is 0.0518. The molecule has 0 amide bonds. The van der Waals surface area contributed by atoms with Gasteiger partial charge in [-0.05, 0) is 54.5 Å². The fourth-order valence-electron chi connectivity index (χ4n) is 2.36. The quantitative estimate of drug-likeness (QED) is 0.859. The number of hydrogen-bond acceptors (Lipinski definition) is 4. The molecule has 0 aromatic rings. The lowest BCUT2D eigenvalue weighted by Gasteiger charge is -2.33. The minimum absolute atomic E-state index is 0.0518. The highest BCUT2D eigenvalue weighted by Crippen LogP contribution is 2.19. The van der Waals surface area contributed by atoms with Gasteiger partial charge >= 0.3 is 0 Å². The van der Waals surface area contributed by atoms with E-state index < -0.39 is 14.6 Å². The highest BCUT2D eigenvalue weighted by molar-refractivity contribution is 7.92. The van der Waals surface area contributed by atoms with Gasteiger partial charge in [0.2, 0.25) is 0 Å². The third kappa shape index (κ3) is 4.72. The number of nitrogens with zero attached hydrogens (tertiary/aromatic N) is 1. The fraction of sp³-hybridized carbons (Fsp3) is 1.00. The summed E-state index contributed by atoms with van der Waals surface area (Å²) in [6.45, 7) is 14.4. The Kier molecular flexibility index (Phi) is 5.08. The Balaban J connectivity index is 2.70. The normalized spacial score (nSPS) is 26.1. The summed E-state index contributed by atoms with van der Waals surface area (Å²) in [6, 6.07) is 0.435. The Morgan fingerprint density at radius 2 is 1.89 bits per heavy atom. The van der Waals surface area contributed by atoms with E-state index in [4.69, 9.17) is 0 Å². The third-order valence-electron chi connectivity index (χ3n) is 3.97. The smallest absolute Gasteiger partial charge is 0.156 e. The van der Waals surface area contributed by atoms with E-state index in [0.717, 1.165) is 19.5 Å². The van der Waals surface area contributed by atoms with Crippen molar-refractivity contribution in [1.29, 1.82) is 0 Å². The van der Waals surface area contributed by atoms with Crippen LogP contribution >= 0.6 is 0 Å². The molecular formula is C14H30N2O2S. The standard InChI is InChI=1S/C14H30N2O2S/c1-12-7-8-15-14(5,6)11-16(12)9-10-19(17,18)13(2,3)4/h12,15H,7-11H2,1-6H3. The van der Waals surface area contributed by atoms with Crippen LogP contribution in [0.15, 0.2) is 0 Å². The van der Waals surface area contributed by atoms with E-state index in [-0.39, 0.29) is 11.3 Å². The lowest BCUT2D eigenvalue weighted by atomic mass is 10.1. The van der Waals surface area contributed by atoms with Crippen molar-refractivity contribution in [2.75, 3.05) is 25.4 Å². The van der Waals surface area contributed by atoms with E-state index >= 15 is 0 Å². The predicted octanol–water partition coefficient (Wildman–Crippen LogP) is 1.66. The molecule has 0 spiro atoms. The molecule has 0 bridgehead atoms. The van der Waals surface area contributed by atoms with Crippen LogP contribution in [-0.2, 0) is 9.84 Å². The second-order valence-corrected chi connectivity index (χ2v) is 10.2. The van der Waals surface area contributed by atoms with Crippen LogP contribution in [0.1, 0.15) is 48.0 Å². The molecule has 1 rings (SSSR count). The van der Waals surface area contributed by atoms with Crippen molar-refractivity contribution >= 4 is 9.84 Å². The molecule has 0 saturated carbocycles. The summed E-state index contributed by atoms with van der Waals surface area (Å²) in [7, 11) is -3.03. The summed E-state index contributed by atoms with van der Waals surface area (Å²) in [5, 5.41) is 3.52. The van der Waals surface area contributed by atoms with Gasteiger partial charge in [0.25, 0.3) is 0 Å². The molecule has 114 valence electrons. The summed E-state index contributed by atoms with van der Waals surface area (Å²) < 4.78 is 23.8. The Hall–Kier alpha value is -0.130. The lowest BCUT2D eigenvalue weighted by Crippen LogP contribution is -2.49. The Morgan fingerprint density at radius 3 is 2.42 bits per heavy atom. The number of nitrogens with one attached hydrogen (secondary N) is 1. The average Bonchev–Trinajstić information content (AvgIpc) is 2.33. The van der Waals surface area contributed by atoms with Gasteiger partial charge in [-0.15, -0.1) is 0 Å². The van der Waals surface area contributed by atoms with Gasteiger partial charge in [0.15, 0.2) is 9.84 Å². The molecule has 1 aliphatic rings. The molecule has 0 aromatic carbocycles. The fourth-order valence-corrected chi connectivity index (χ4v) is 3.45. The maximum atomic E-state index is 12.2. The monoisotopic (exact) mass is 290 g/mol. The summed E-state index contributed by atoms with van der Waals surface area (Å²) in [4.78, 5) is 2.31. The zero-order valence-electron chi connectivity index (χ0n) is 13.3. The van der Waals surface area contributed by atoms with Gasteiger partial charge in [0.05, 0.1) is 10.5 Å². The first-order chi connectivity index (χ1) is 8.45. The predicted molar refractivity (Wildman–Crippen MR) is 81.3 cm³/mol. The lowest BCUT2D eigenvalue weighted by molar-refractivity contribution is 0.191. The van der Waals surface area contributed by atoms with Gasteiger partial charge < -0.3 is 5.32 Å². The highest BCUT2D eigenvalue weighted by Gasteiger charge is 2.32. The molecule has 0 aromatic heterocycles. The largest absolute Gasteiger partial charge is 0.310 e. The van der Waals surface area contributed by atoms with Gasteiger partial charge in [-0.25, -0.2) is 8.42 Å². The molecule has 5 heteroatoms. The molecule has 1 heterocycles. The van der Waals surface area contributed by atoms with Gasteiger partial charge in [0, 0.05) is 24.7 Å². The van der Waals surface area contributed by atoms with Crippen molar-refractivity contribution in [2.24, 2.45) is 0 Å². The SMILES string of the molecule is CC1CCNC(C)(C)CN1CCS(=O)(=O)C(C)(C)C. The highest BCUT2D eigenvalue weighted by atomic mass is 32.2. The minimum atomic E-state index is -3.03. The number of rotatable bonds is 3. The van der Waals surface area contributed by atoms with E-state index in [1.54, 1.807) is 20.8 Å². The van der Waals surface area contributed by atoms with E-state index in [1.807, 2.05) is 0 Å². The molecule has 4 nitrogen and oxygen atoms in total. The van der Waals surface area contributed by atoms with Crippen LogP contribution in [0.3, 0.4) is 0 Å². The zero-order valence-corrected chi connectivity index (χ0v) is 14.1. The van der Waals surface area contributed by atoms with Gasteiger partial charge in [0.1, 0.15) is 0 Å². The third-order valence-corrected chi connectivity index (χ3v) is 6.55. The van der Waals surface area contributed by atoms with E-state index in [0.29, 0.717) is 12.6 Å². The second-order valence-electron chi connectivity index (χ2n) is 7.35. The summed E-state index contributed by atoms with van der Waals surface area (Å²) >= 11 is 0. The first-order valence-corrected chi connectivity index (χ1v) is 8.81. The molecule has 1 atom stereocenters. The minimum Gasteiger partial charge on any atom is -0.310 e. The average molecular weight is 290 g/mol. The van der Waals surface area contributed by atoms with Crippen molar-refractivity contribution in [3.8, 4) is 0 Å². The van der Waals surface area contributed by atoms with E-state index in [2.05, 4.69) is 31.0 Å². The van der Waals surface area contributed by atoms with Crippen molar-refractivity contribution in [2.45, 2.75) is 64.3 Å². The van der Waals surface area contributed by atoms with Gasteiger partial charge in [-0.3, -0.25) is 4.90 Å². The van der Waals surface area contributed by atoms with Crippen LogP contribution in [0.2, 0.25) is 0 Å². The van der Waals surface area contributed by atoms with Crippen LogP contribution in [0, 0.1) is 0 Å². The zero-order chi connectivity index (χ0) is 14.9. The van der Waals surface area contributed by atoms with Crippen molar-refractivity contribution in [1.82, 2.24) is 10.2 Å². The maximum Gasteiger partial charge on any atom is 0.156 e. The molecule has 0 aliphatic carbocycles. The Bertz CT molecular complexity index is 396. The molecule has 0 radical (unpaired) electrons. The van der Waals surface area contributed by atoms with Crippen LogP contribution < -0.4 is 5.32 Å². The maximum absolute atomic E-state index is 12.2. The molecule has 1 aliphatic heterocycles. The molecule has 19 heavy (non-hydrogen) atoms. The van der Waals surface area contributed by atoms with Gasteiger partial charge in [-0.1, -0.05) is 0 Å². The van der Waals surface area contributed by atoms with E-state index in [1.165, 1.54) is 0 Å². The molecule has 1 saturated heterocycles. The summed E-state index contributed by atoms with van der Waals surface area (Å²) in [6.07, 6.45) is 1.07. The number of hydrogen-bond donors (Lipinski definition) is 1. The van der Waals surface area contributed by atoms with E-state index in [9.17, 15) is 8.42 Å². The summed E-state index contributed by atoms with van der Waals surface area (Å²) in [5.74, 6) is 0.247. The molecular weight excluding hydrogens is 260 g/mol. The first-order valence-electron chi connectivity index (χ1n) is 7.16. The number of sulfone groups is 1. The van der Waals surface area contributed by atoms with Crippen LogP contribution in [-0.4, -0.2) is 55.0 Å².